The molecule has 0 amide bonds. The number of hydrogen-bond acceptors (Lipinski definition) is 1. The summed E-state index contributed by atoms with van der Waals surface area (Å²) in [5, 5.41) is 1.24. The Labute approximate surface area is 175 Å². The molecular formula is C24H21Cl2NO. The molecule has 0 aliphatic heterocycles. The highest BCUT2D eigenvalue weighted by atomic mass is 35.5. The van der Waals surface area contributed by atoms with Crippen LogP contribution in [-0.2, 0) is 5.54 Å². The summed E-state index contributed by atoms with van der Waals surface area (Å²) >= 11 is 12.7. The number of rotatable bonds is 3. The van der Waals surface area contributed by atoms with E-state index in [1.54, 1.807) is 12.3 Å². The van der Waals surface area contributed by atoms with Crippen molar-refractivity contribution in [2.45, 2.75) is 26.3 Å². The summed E-state index contributed by atoms with van der Waals surface area (Å²) in [5.74, 6) is 0.826. The Bertz CT molecular complexity index is 1120. The second kappa shape index (κ2) is 7.20. The van der Waals surface area contributed by atoms with Gasteiger partial charge in [0.25, 0.3) is 0 Å². The van der Waals surface area contributed by atoms with Crippen LogP contribution in [0.2, 0.25) is 10.0 Å². The van der Waals surface area contributed by atoms with Crippen LogP contribution in [0.4, 0.5) is 0 Å². The van der Waals surface area contributed by atoms with Gasteiger partial charge in [0, 0.05) is 38.5 Å². The molecule has 0 aliphatic rings. The quantitative estimate of drug-likeness (QED) is 0.333. The van der Waals surface area contributed by atoms with E-state index in [1.807, 2.05) is 36.4 Å². The SMILES string of the molecule is CC(C)(C)n1ccc(-c2ccc(Cl)cc2Cl)c1-c1occc1-c1ccccc1. The van der Waals surface area contributed by atoms with Crippen LogP contribution < -0.4 is 0 Å². The molecule has 4 heteroatoms. The van der Waals surface area contributed by atoms with Crippen LogP contribution in [0.5, 0.6) is 0 Å². The zero-order valence-electron chi connectivity index (χ0n) is 16.0. The van der Waals surface area contributed by atoms with Gasteiger partial charge in [-0.2, -0.15) is 0 Å². The number of benzene rings is 2. The predicted octanol–water partition coefficient (Wildman–Crippen LogP) is 8.14. The maximum atomic E-state index is 6.55. The second-order valence-corrected chi connectivity index (χ2v) is 8.62. The van der Waals surface area contributed by atoms with Gasteiger partial charge in [0.05, 0.1) is 12.0 Å². The Morgan fingerprint density at radius 2 is 1.57 bits per heavy atom. The van der Waals surface area contributed by atoms with Crippen molar-refractivity contribution in [2.75, 3.05) is 0 Å². The third kappa shape index (κ3) is 3.39. The molecule has 0 bridgehead atoms. The molecule has 0 unspecified atom stereocenters. The zero-order valence-corrected chi connectivity index (χ0v) is 17.6. The first kappa shape index (κ1) is 18.9. The molecule has 28 heavy (non-hydrogen) atoms. The molecule has 0 spiro atoms. The number of hydrogen-bond donors (Lipinski definition) is 0. The first-order valence-corrected chi connectivity index (χ1v) is 9.92. The molecule has 0 atom stereocenters. The number of aromatic nitrogens is 1. The summed E-state index contributed by atoms with van der Waals surface area (Å²) in [5.41, 5.74) is 4.98. The van der Waals surface area contributed by atoms with Crippen LogP contribution in [0.3, 0.4) is 0 Å². The average Bonchev–Trinajstić information content (AvgIpc) is 3.28. The van der Waals surface area contributed by atoms with E-state index in [0.717, 1.165) is 33.7 Å². The van der Waals surface area contributed by atoms with Crippen molar-refractivity contribution in [3.05, 3.63) is 83.2 Å². The van der Waals surface area contributed by atoms with Gasteiger partial charge < -0.3 is 8.98 Å². The van der Waals surface area contributed by atoms with E-state index in [-0.39, 0.29) is 5.54 Å². The fourth-order valence-corrected chi connectivity index (χ4v) is 4.00. The molecule has 0 saturated heterocycles. The largest absolute Gasteiger partial charge is 0.462 e. The summed E-state index contributed by atoms with van der Waals surface area (Å²) in [7, 11) is 0. The maximum Gasteiger partial charge on any atom is 0.158 e. The molecule has 2 nitrogen and oxygen atoms in total. The van der Waals surface area contributed by atoms with Gasteiger partial charge in [0.15, 0.2) is 5.76 Å². The van der Waals surface area contributed by atoms with E-state index in [4.69, 9.17) is 27.6 Å². The molecule has 4 aromatic rings. The van der Waals surface area contributed by atoms with E-state index in [1.165, 1.54) is 0 Å². The first-order chi connectivity index (χ1) is 13.4. The molecule has 2 aromatic heterocycles. The minimum atomic E-state index is -0.132. The van der Waals surface area contributed by atoms with Crippen LogP contribution in [0.15, 0.2) is 77.5 Å². The Kier molecular flexibility index (Phi) is 4.86. The number of furan rings is 1. The lowest BCUT2D eigenvalue weighted by molar-refractivity contribution is 0.399. The Balaban J connectivity index is 1.99. The molecule has 0 saturated carbocycles. The molecule has 2 aromatic carbocycles. The van der Waals surface area contributed by atoms with Crippen LogP contribution in [0.25, 0.3) is 33.7 Å². The molecule has 2 heterocycles. The van der Waals surface area contributed by atoms with Gasteiger partial charge in [-0.15, -0.1) is 0 Å². The van der Waals surface area contributed by atoms with Crippen molar-refractivity contribution < 1.29 is 4.42 Å². The van der Waals surface area contributed by atoms with E-state index in [9.17, 15) is 0 Å². The molecule has 0 radical (unpaired) electrons. The summed E-state index contributed by atoms with van der Waals surface area (Å²) in [6.07, 6.45) is 3.83. The topological polar surface area (TPSA) is 18.1 Å². The predicted molar refractivity (Wildman–Crippen MR) is 118 cm³/mol. The monoisotopic (exact) mass is 409 g/mol. The van der Waals surface area contributed by atoms with E-state index < -0.39 is 0 Å². The Morgan fingerprint density at radius 1 is 0.821 bits per heavy atom. The Hall–Kier alpha value is -2.42. The van der Waals surface area contributed by atoms with Gasteiger partial charge in [0.1, 0.15) is 0 Å². The highest BCUT2D eigenvalue weighted by Gasteiger charge is 2.26. The highest BCUT2D eigenvalue weighted by molar-refractivity contribution is 6.36. The highest BCUT2D eigenvalue weighted by Crippen LogP contribution is 2.43. The van der Waals surface area contributed by atoms with Crippen LogP contribution >= 0.6 is 23.2 Å². The van der Waals surface area contributed by atoms with Crippen molar-refractivity contribution in [3.63, 3.8) is 0 Å². The lowest BCUT2D eigenvalue weighted by Gasteiger charge is -2.25. The smallest absolute Gasteiger partial charge is 0.158 e. The van der Waals surface area contributed by atoms with Crippen molar-refractivity contribution in [1.29, 1.82) is 0 Å². The fourth-order valence-electron chi connectivity index (χ4n) is 3.49. The molecule has 142 valence electrons. The average molecular weight is 410 g/mol. The lowest BCUT2D eigenvalue weighted by Crippen LogP contribution is -2.21. The molecule has 0 N–H and O–H groups in total. The Morgan fingerprint density at radius 3 is 2.25 bits per heavy atom. The molecule has 4 rings (SSSR count). The van der Waals surface area contributed by atoms with Gasteiger partial charge in [-0.1, -0.05) is 59.6 Å². The third-order valence-electron chi connectivity index (χ3n) is 4.80. The summed E-state index contributed by atoms with van der Waals surface area (Å²) in [6, 6.07) is 20.0. The zero-order chi connectivity index (χ0) is 19.9. The third-order valence-corrected chi connectivity index (χ3v) is 5.34. The van der Waals surface area contributed by atoms with Gasteiger partial charge in [-0.05, 0) is 50.6 Å². The standard InChI is InChI=1S/C24H21Cl2NO/c1-24(2,3)27-13-11-20(19-10-9-17(25)15-21(19)26)22(27)23-18(12-14-28-23)16-7-5-4-6-8-16/h4-15H,1-3H3. The minimum absolute atomic E-state index is 0.132. The molecule has 0 aliphatic carbocycles. The van der Waals surface area contributed by atoms with Crippen LogP contribution in [0, 0.1) is 0 Å². The van der Waals surface area contributed by atoms with E-state index in [0.29, 0.717) is 10.0 Å². The van der Waals surface area contributed by atoms with Crippen LogP contribution in [0.1, 0.15) is 20.8 Å². The van der Waals surface area contributed by atoms with E-state index in [2.05, 4.69) is 49.7 Å². The fraction of sp³-hybridized carbons (Fsp3) is 0.167. The van der Waals surface area contributed by atoms with Crippen molar-refractivity contribution >= 4 is 23.2 Å². The van der Waals surface area contributed by atoms with E-state index >= 15 is 0 Å². The van der Waals surface area contributed by atoms with Crippen LogP contribution in [-0.4, -0.2) is 4.57 Å². The summed E-state index contributed by atoms with van der Waals surface area (Å²) in [4.78, 5) is 0. The lowest BCUT2D eigenvalue weighted by atomic mass is 9.99. The number of nitrogens with zero attached hydrogens (tertiary/aromatic N) is 1. The van der Waals surface area contributed by atoms with Gasteiger partial charge in [-0.25, -0.2) is 0 Å². The maximum absolute atomic E-state index is 6.55. The van der Waals surface area contributed by atoms with Crippen molar-refractivity contribution in [2.24, 2.45) is 0 Å². The normalized spacial score (nSPS) is 11.8. The molecule has 0 fully saturated rings. The summed E-state index contributed by atoms with van der Waals surface area (Å²) in [6.45, 7) is 6.53. The number of halogens is 2. The van der Waals surface area contributed by atoms with Gasteiger partial charge in [0.2, 0.25) is 0 Å². The molecular weight excluding hydrogens is 389 g/mol. The minimum Gasteiger partial charge on any atom is -0.462 e. The van der Waals surface area contributed by atoms with Gasteiger partial charge in [-0.3, -0.25) is 0 Å². The summed E-state index contributed by atoms with van der Waals surface area (Å²) < 4.78 is 8.27. The second-order valence-electron chi connectivity index (χ2n) is 7.77. The van der Waals surface area contributed by atoms with Crippen molar-refractivity contribution in [3.8, 4) is 33.7 Å². The van der Waals surface area contributed by atoms with Crippen molar-refractivity contribution in [1.82, 2.24) is 4.57 Å². The van der Waals surface area contributed by atoms with Gasteiger partial charge >= 0.3 is 0 Å². The first-order valence-electron chi connectivity index (χ1n) is 9.17.